The van der Waals surface area contributed by atoms with E-state index in [1.807, 2.05) is 0 Å². The molecule has 0 unspecified atom stereocenters. The average molecular weight is 368 g/mol. The van der Waals surface area contributed by atoms with Crippen molar-refractivity contribution in [2.75, 3.05) is 20.1 Å². The zero-order valence-corrected chi connectivity index (χ0v) is 15.9. The third kappa shape index (κ3) is 3.88. The van der Waals surface area contributed by atoms with E-state index in [0.29, 0.717) is 31.0 Å². The van der Waals surface area contributed by atoms with Crippen LogP contribution in [0.15, 0.2) is 36.7 Å². The van der Waals surface area contributed by atoms with Gasteiger partial charge in [-0.25, -0.2) is 4.68 Å². The van der Waals surface area contributed by atoms with Gasteiger partial charge in [0.15, 0.2) is 0 Å². The second-order valence-electron chi connectivity index (χ2n) is 7.77. The third-order valence-electron chi connectivity index (χ3n) is 6.11. The first-order valence-corrected chi connectivity index (χ1v) is 9.99. The summed E-state index contributed by atoms with van der Waals surface area (Å²) in [6.45, 7) is 2.45. The van der Waals surface area contributed by atoms with Crippen LogP contribution < -0.4 is 0 Å². The van der Waals surface area contributed by atoms with Crippen LogP contribution in [0.25, 0.3) is 0 Å². The summed E-state index contributed by atoms with van der Waals surface area (Å²) < 4.78 is 1.63. The van der Waals surface area contributed by atoms with Crippen molar-refractivity contribution in [3.63, 3.8) is 0 Å². The van der Waals surface area contributed by atoms with Gasteiger partial charge in [0.05, 0.1) is 6.54 Å². The molecule has 3 atom stereocenters. The molecule has 0 bridgehead atoms. The Labute approximate surface area is 160 Å². The molecule has 1 aromatic heterocycles. The summed E-state index contributed by atoms with van der Waals surface area (Å²) in [5.74, 6) is 0.587. The molecule has 2 saturated heterocycles. The number of hydrogen-bond acceptors (Lipinski definition) is 5. The van der Waals surface area contributed by atoms with Crippen LogP contribution >= 0.6 is 0 Å². The molecule has 0 spiro atoms. The van der Waals surface area contributed by atoms with Crippen molar-refractivity contribution in [3.8, 4) is 0 Å². The molecule has 2 aliphatic heterocycles. The van der Waals surface area contributed by atoms with E-state index in [1.165, 1.54) is 24.8 Å². The molecule has 0 aliphatic carbocycles. The number of aryl methyl sites for hydroxylation is 1. The molecule has 0 radical (unpaired) electrons. The molecular formula is C20H28N6O. The number of amides is 1. The lowest BCUT2D eigenvalue weighted by Crippen LogP contribution is -2.47. The summed E-state index contributed by atoms with van der Waals surface area (Å²) in [6, 6.07) is 11.4. The van der Waals surface area contributed by atoms with Crippen molar-refractivity contribution < 1.29 is 4.79 Å². The van der Waals surface area contributed by atoms with Crippen LogP contribution in [0.4, 0.5) is 0 Å². The lowest BCUT2D eigenvalue weighted by molar-refractivity contribution is -0.133. The number of aromatic nitrogens is 4. The summed E-state index contributed by atoms with van der Waals surface area (Å²) in [7, 11) is 2.23. The van der Waals surface area contributed by atoms with Gasteiger partial charge in [0, 0.05) is 31.0 Å². The van der Waals surface area contributed by atoms with E-state index in [1.54, 1.807) is 11.0 Å². The molecule has 7 nitrogen and oxygen atoms in total. The van der Waals surface area contributed by atoms with Gasteiger partial charge in [-0.3, -0.25) is 4.79 Å². The molecule has 1 amide bonds. The minimum absolute atomic E-state index is 0.216. The number of benzene rings is 1. The fourth-order valence-corrected chi connectivity index (χ4v) is 4.80. The molecule has 2 aliphatic rings. The van der Waals surface area contributed by atoms with Gasteiger partial charge in [-0.1, -0.05) is 43.2 Å². The molecule has 0 N–H and O–H groups in total. The molecule has 0 saturated carbocycles. The summed E-state index contributed by atoms with van der Waals surface area (Å²) in [5.41, 5.74) is 1.34. The Hall–Kier alpha value is -2.28. The van der Waals surface area contributed by atoms with E-state index in [9.17, 15) is 4.79 Å². The van der Waals surface area contributed by atoms with Gasteiger partial charge in [0.2, 0.25) is 5.91 Å². The number of rotatable bonds is 4. The third-order valence-corrected chi connectivity index (χ3v) is 6.11. The van der Waals surface area contributed by atoms with Crippen molar-refractivity contribution in [1.29, 1.82) is 0 Å². The average Bonchev–Trinajstić information content (AvgIpc) is 3.32. The van der Waals surface area contributed by atoms with Crippen LogP contribution in [-0.4, -0.2) is 68.1 Å². The summed E-state index contributed by atoms with van der Waals surface area (Å²) >= 11 is 0. The standard InChI is InChI=1S/C20H28N6O/c1-24-12-7-3-6-10-18-20(24)17(16-8-4-2-5-9-16)14-26(18)19(27)11-13-25-15-21-22-23-25/h2,4-5,8-9,15,17-18,20H,3,6-7,10-14H2,1H3/t17-,18+,20-/m0/s1. The zero-order chi connectivity index (χ0) is 18.6. The molecule has 144 valence electrons. The molecular weight excluding hydrogens is 340 g/mol. The topological polar surface area (TPSA) is 67.2 Å². The van der Waals surface area contributed by atoms with E-state index < -0.39 is 0 Å². The number of carbonyl (C=O) groups excluding carboxylic acids is 1. The summed E-state index contributed by atoms with van der Waals surface area (Å²) in [5, 5.41) is 11.2. The van der Waals surface area contributed by atoms with Gasteiger partial charge >= 0.3 is 0 Å². The summed E-state index contributed by atoms with van der Waals surface area (Å²) in [6.07, 6.45) is 6.79. The van der Waals surface area contributed by atoms with Gasteiger partial charge in [-0.15, -0.1) is 5.10 Å². The Morgan fingerprint density at radius 1 is 1.19 bits per heavy atom. The highest BCUT2D eigenvalue weighted by Gasteiger charge is 2.45. The molecule has 2 fully saturated rings. The Morgan fingerprint density at radius 2 is 2.04 bits per heavy atom. The van der Waals surface area contributed by atoms with E-state index in [4.69, 9.17) is 0 Å². The number of fused-ring (bicyclic) bond motifs is 1. The van der Waals surface area contributed by atoms with Crippen molar-refractivity contribution in [2.45, 2.75) is 56.7 Å². The number of likely N-dealkylation sites (tertiary alicyclic amines) is 2. The number of nitrogens with zero attached hydrogens (tertiary/aromatic N) is 6. The number of hydrogen-bond donors (Lipinski definition) is 0. The maximum atomic E-state index is 13.1. The van der Waals surface area contributed by atoms with E-state index in [2.05, 4.69) is 62.7 Å². The van der Waals surface area contributed by atoms with E-state index in [-0.39, 0.29) is 5.91 Å². The highest BCUT2D eigenvalue weighted by molar-refractivity contribution is 5.77. The maximum absolute atomic E-state index is 13.1. The van der Waals surface area contributed by atoms with Gasteiger partial charge < -0.3 is 9.80 Å². The van der Waals surface area contributed by atoms with Crippen LogP contribution in [0.5, 0.6) is 0 Å². The largest absolute Gasteiger partial charge is 0.337 e. The molecule has 4 rings (SSSR count). The molecule has 7 heteroatoms. The monoisotopic (exact) mass is 368 g/mol. The molecule has 2 aromatic rings. The Balaban J connectivity index is 1.56. The first-order valence-electron chi connectivity index (χ1n) is 9.99. The quantitative estimate of drug-likeness (QED) is 0.825. The number of carbonyl (C=O) groups is 1. The van der Waals surface area contributed by atoms with Crippen LogP contribution in [0.3, 0.4) is 0 Å². The van der Waals surface area contributed by atoms with Crippen molar-refractivity contribution in [3.05, 3.63) is 42.2 Å². The molecule has 3 heterocycles. The minimum atomic E-state index is 0.216. The Bertz CT molecular complexity index is 734. The SMILES string of the molecule is CN1CCCCC[C@@H]2[C@@H]1[C@H](c1ccccc1)CN2C(=O)CCn1cnnn1. The second-order valence-corrected chi connectivity index (χ2v) is 7.77. The van der Waals surface area contributed by atoms with Crippen LogP contribution in [0.2, 0.25) is 0 Å². The van der Waals surface area contributed by atoms with Crippen molar-refractivity contribution >= 4 is 5.91 Å². The first-order chi connectivity index (χ1) is 13.2. The Kier molecular flexibility index (Phi) is 5.48. The van der Waals surface area contributed by atoms with E-state index in [0.717, 1.165) is 19.5 Å². The predicted molar refractivity (Wildman–Crippen MR) is 102 cm³/mol. The number of tetrazole rings is 1. The highest BCUT2D eigenvalue weighted by Crippen LogP contribution is 2.38. The fourth-order valence-electron chi connectivity index (χ4n) is 4.80. The van der Waals surface area contributed by atoms with Crippen molar-refractivity contribution in [2.24, 2.45) is 0 Å². The number of likely N-dealkylation sites (N-methyl/N-ethyl adjacent to an activating group) is 1. The maximum Gasteiger partial charge on any atom is 0.224 e. The zero-order valence-electron chi connectivity index (χ0n) is 15.9. The van der Waals surface area contributed by atoms with Gasteiger partial charge in [-0.05, 0) is 42.4 Å². The normalized spacial score (nSPS) is 26.4. The van der Waals surface area contributed by atoms with Gasteiger partial charge in [0.25, 0.3) is 0 Å². The fraction of sp³-hybridized carbons (Fsp3) is 0.600. The van der Waals surface area contributed by atoms with Crippen LogP contribution in [-0.2, 0) is 11.3 Å². The summed E-state index contributed by atoms with van der Waals surface area (Å²) in [4.78, 5) is 17.7. The van der Waals surface area contributed by atoms with Crippen molar-refractivity contribution in [1.82, 2.24) is 30.0 Å². The highest BCUT2D eigenvalue weighted by atomic mass is 16.2. The first kappa shape index (κ1) is 18.1. The van der Waals surface area contributed by atoms with Gasteiger partial charge in [-0.2, -0.15) is 0 Å². The van der Waals surface area contributed by atoms with Crippen LogP contribution in [0.1, 0.15) is 43.6 Å². The second kappa shape index (κ2) is 8.17. The van der Waals surface area contributed by atoms with E-state index >= 15 is 0 Å². The van der Waals surface area contributed by atoms with Gasteiger partial charge in [0.1, 0.15) is 6.33 Å². The smallest absolute Gasteiger partial charge is 0.224 e. The lowest BCUT2D eigenvalue weighted by Gasteiger charge is -2.37. The van der Waals surface area contributed by atoms with Crippen LogP contribution in [0, 0.1) is 0 Å². The lowest BCUT2D eigenvalue weighted by atomic mass is 9.87. The minimum Gasteiger partial charge on any atom is -0.337 e. The molecule has 27 heavy (non-hydrogen) atoms. The Morgan fingerprint density at radius 3 is 2.81 bits per heavy atom. The predicted octanol–water partition coefficient (Wildman–Crippen LogP) is 1.93. The molecule has 1 aromatic carbocycles.